The van der Waals surface area contributed by atoms with Crippen molar-refractivity contribution in [3.63, 3.8) is 0 Å². The van der Waals surface area contributed by atoms with Crippen LogP contribution in [0.5, 0.6) is 0 Å². The number of para-hydroxylation sites is 1. The first-order valence-corrected chi connectivity index (χ1v) is 7.37. The Bertz CT molecular complexity index is 826. The van der Waals surface area contributed by atoms with Gasteiger partial charge in [0.25, 0.3) is 5.91 Å². The summed E-state index contributed by atoms with van der Waals surface area (Å²) < 4.78 is 0. The lowest BCUT2D eigenvalue weighted by Crippen LogP contribution is -2.27. The highest BCUT2D eigenvalue weighted by Gasteiger charge is 2.14. The highest BCUT2D eigenvalue weighted by atomic mass is 16.1. The van der Waals surface area contributed by atoms with E-state index in [2.05, 4.69) is 10.3 Å². The van der Waals surface area contributed by atoms with E-state index in [4.69, 9.17) is 0 Å². The molecule has 3 heteroatoms. The molecule has 3 nitrogen and oxygen atoms in total. The third kappa shape index (κ3) is 2.84. The molecule has 0 saturated carbocycles. The topological polar surface area (TPSA) is 42.0 Å². The number of carbonyl (C=O) groups is 1. The quantitative estimate of drug-likeness (QED) is 0.791. The second-order valence-electron chi connectivity index (χ2n) is 5.44. The van der Waals surface area contributed by atoms with Gasteiger partial charge in [-0.15, -0.1) is 0 Å². The minimum Gasteiger partial charge on any atom is -0.344 e. The number of hydrogen-bond donors (Lipinski definition) is 1. The lowest BCUT2D eigenvalue weighted by atomic mass is 10.0. The largest absolute Gasteiger partial charge is 0.344 e. The summed E-state index contributed by atoms with van der Waals surface area (Å²) in [5.74, 6) is -0.151. The Morgan fingerprint density at radius 3 is 2.55 bits per heavy atom. The zero-order valence-electron chi connectivity index (χ0n) is 12.7. The highest BCUT2D eigenvalue weighted by molar-refractivity contribution is 5.95. The number of nitrogens with one attached hydrogen (secondary N) is 1. The van der Waals surface area contributed by atoms with Crippen LogP contribution in [0.15, 0.2) is 60.7 Å². The van der Waals surface area contributed by atoms with Crippen molar-refractivity contribution in [2.45, 2.75) is 19.9 Å². The van der Waals surface area contributed by atoms with Gasteiger partial charge in [-0.05, 0) is 37.1 Å². The molecular formula is C19H18N2O. The molecule has 0 radical (unpaired) electrons. The summed E-state index contributed by atoms with van der Waals surface area (Å²) in [6, 6.07) is 19.5. The van der Waals surface area contributed by atoms with Crippen LogP contribution in [0.2, 0.25) is 0 Å². The van der Waals surface area contributed by atoms with Crippen LogP contribution in [0.3, 0.4) is 0 Å². The maximum atomic E-state index is 12.4. The molecule has 0 spiro atoms. The third-order valence-corrected chi connectivity index (χ3v) is 3.83. The normalized spacial score (nSPS) is 12.1. The first kappa shape index (κ1) is 14.3. The van der Waals surface area contributed by atoms with E-state index in [0.29, 0.717) is 5.69 Å². The van der Waals surface area contributed by atoms with Gasteiger partial charge in [0.1, 0.15) is 5.69 Å². The standard InChI is InChI=1S/C19H18N2O/c1-13-7-3-5-9-16(13)14(2)20-19(22)18-12-11-15-8-4-6-10-17(15)21-18/h3-12,14H,1-2H3,(H,20,22). The summed E-state index contributed by atoms with van der Waals surface area (Å²) in [6.45, 7) is 4.04. The van der Waals surface area contributed by atoms with Gasteiger partial charge in [0, 0.05) is 5.39 Å². The van der Waals surface area contributed by atoms with Crippen molar-refractivity contribution < 1.29 is 4.79 Å². The zero-order valence-corrected chi connectivity index (χ0v) is 12.7. The molecule has 110 valence electrons. The van der Waals surface area contributed by atoms with Crippen LogP contribution in [0, 0.1) is 6.92 Å². The van der Waals surface area contributed by atoms with Crippen molar-refractivity contribution in [2.75, 3.05) is 0 Å². The fourth-order valence-electron chi connectivity index (χ4n) is 2.61. The van der Waals surface area contributed by atoms with Gasteiger partial charge in [0.2, 0.25) is 0 Å². The van der Waals surface area contributed by atoms with Crippen LogP contribution in [0.25, 0.3) is 10.9 Å². The number of aromatic nitrogens is 1. The van der Waals surface area contributed by atoms with Crippen molar-refractivity contribution in [1.82, 2.24) is 10.3 Å². The Hall–Kier alpha value is -2.68. The number of carbonyl (C=O) groups excluding carboxylic acids is 1. The molecule has 0 fully saturated rings. The second-order valence-corrected chi connectivity index (χ2v) is 5.44. The minimum absolute atomic E-state index is 0.0537. The number of hydrogen-bond acceptors (Lipinski definition) is 2. The summed E-state index contributed by atoms with van der Waals surface area (Å²) in [4.78, 5) is 16.8. The number of rotatable bonds is 3. The van der Waals surface area contributed by atoms with E-state index in [1.165, 1.54) is 5.56 Å². The molecule has 0 aliphatic carbocycles. The monoisotopic (exact) mass is 290 g/mol. The Balaban J connectivity index is 1.82. The van der Waals surface area contributed by atoms with Crippen molar-refractivity contribution >= 4 is 16.8 Å². The maximum Gasteiger partial charge on any atom is 0.270 e. The van der Waals surface area contributed by atoms with Crippen molar-refractivity contribution in [3.8, 4) is 0 Å². The number of pyridine rings is 1. The third-order valence-electron chi connectivity index (χ3n) is 3.83. The number of aryl methyl sites for hydroxylation is 1. The summed E-state index contributed by atoms with van der Waals surface area (Å²) >= 11 is 0. The molecule has 0 bridgehead atoms. The van der Waals surface area contributed by atoms with Crippen molar-refractivity contribution in [3.05, 3.63) is 77.5 Å². The van der Waals surface area contributed by atoms with E-state index in [0.717, 1.165) is 16.5 Å². The SMILES string of the molecule is Cc1ccccc1C(C)NC(=O)c1ccc2ccccc2n1. The van der Waals surface area contributed by atoms with Gasteiger partial charge in [0.05, 0.1) is 11.6 Å². The molecule has 1 N–H and O–H groups in total. The van der Waals surface area contributed by atoms with E-state index in [9.17, 15) is 4.79 Å². The molecule has 2 aromatic carbocycles. The number of fused-ring (bicyclic) bond motifs is 1. The van der Waals surface area contributed by atoms with E-state index in [-0.39, 0.29) is 11.9 Å². The average molecular weight is 290 g/mol. The maximum absolute atomic E-state index is 12.4. The fourth-order valence-corrected chi connectivity index (χ4v) is 2.61. The lowest BCUT2D eigenvalue weighted by molar-refractivity contribution is 0.0935. The van der Waals surface area contributed by atoms with E-state index < -0.39 is 0 Å². The molecule has 3 aromatic rings. The van der Waals surface area contributed by atoms with Crippen molar-refractivity contribution in [1.29, 1.82) is 0 Å². The second kappa shape index (κ2) is 5.98. The average Bonchev–Trinajstić information content (AvgIpc) is 2.54. The molecule has 0 saturated heterocycles. The molecule has 1 amide bonds. The molecule has 1 aromatic heterocycles. The molecule has 22 heavy (non-hydrogen) atoms. The highest BCUT2D eigenvalue weighted by Crippen LogP contribution is 2.18. The number of amides is 1. The van der Waals surface area contributed by atoms with Gasteiger partial charge in [0.15, 0.2) is 0 Å². The number of nitrogens with zero attached hydrogens (tertiary/aromatic N) is 1. The molecule has 1 unspecified atom stereocenters. The molecule has 0 aliphatic heterocycles. The minimum atomic E-state index is -0.151. The van der Waals surface area contributed by atoms with Gasteiger partial charge in [-0.2, -0.15) is 0 Å². The summed E-state index contributed by atoms with van der Waals surface area (Å²) in [6.07, 6.45) is 0. The van der Waals surface area contributed by atoms with Gasteiger partial charge >= 0.3 is 0 Å². The van der Waals surface area contributed by atoms with Crippen LogP contribution < -0.4 is 5.32 Å². The summed E-state index contributed by atoms with van der Waals surface area (Å²) in [7, 11) is 0. The Morgan fingerprint density at radius 2 is 1.73 bits per heavy atom. The lowest BCUT2D eigenvalue weighted by Gasteiger charge is -2.16. The summed E-state index contributed by atoms with van der Waals surface area (Å²) in [5, 5.41) is 4.05. The Labute approximate surface area is 130 Å². The van der Waals surface area contributed by atoms with Crippen LogP contribution in [-0.2, 0) is 0 Å². The van der Waals surface area contributed by atoms with Gasteiger partial charge in [-0.25, -0.2) is 4.98 Å². The van der Waals surface area contributed by atoms with Crippen LogP contribution >= 0.6 is 0 Å². The molecule has 0 aliphatic rings. The van der Waals surface area contributed by atoms with Gasteiger partial charge in [-0.1, -0.05) is 48.5 Å². The Morgan fingerprint density at radius 1 is 1.00 bits per heavy atom. The Kier molecular flexibility index (Phi) is 3.88. The molecule has 1 atom stereocenters. The first-order chi connectivity index (χ1) is 10.6. The van der Waals surface area contributed by atoms with Crippen molar-refractivity contribution in [2.24, 2.45) is 0 Å². The van der Waals surface area contributed by atoms with E-state index in [1.54, 1.807) is 6.07 Å². The van der Waals surface area contributed by atoms with E-state index >= 15 is 0 Å². The summed E-state index contributed by atoms with van der Waals surface area (Å²) in [5.41, 5.74) is 3.57. The number of benzene rings is 2. The van der Waals surface area contributed by atoms with Gasteiger partial charge in [-0.3, -0.25) is 4.79 Å². The van der Waals surface area contributed by atoms with Crippen LogP contribution in [-0.4, -0.2) is 10.9 Å². The predicted molar refractivity (Wildman–Crippen MR) is 88.8 cm³/mol. The fraction of sp³-hybridized carbons (Fsp3) is 0.158. The molecule has 3 rings (SSSR count). The predicted octanol–water partition coefficient (Wildman–Crippen LogP) is 4.03. The van der Waals surface area contributed by atoms with Crippen LogP contribution in [0.4, 0.5) is 0 Å². The van der Waals surface area contributed by atoms with Gasteiger partial charge < -0.3 is 5.32 Å². The smallest absolute Gasteiger partial charge is 0.270 e. The zero-order chi connectivity index (χ0) is 15.5. The molecular weight excluding hydrogens is 272 g/mol. The van der Waals surface area contributed by atoms with Crippen LogP contribution in [0.1, 0.15) is 34.6 Å². The molecule has 1 heterocycles. The van der Waals surface area contributed by atoms with E-state index in [1.807, 2.05) is 68.4 Å². The first-order valence-electron chi connectivity index (χ1n) is 7.37.